The summed E-state index contributed by atoms with van der Waals surface area (Å²) in [5, 5.41) is 10.3. The van der Waals surface area contributed by atoms with Gasteiger partial charge >= 0.3 is 0 Å². The summed E-state index contributed by atoms with van der Waals surface area (Å²) in [5.74, 6) is 0.433. The number of hydrogen-bond donors (Lipinski definition) is 1. The van der Waals surface area contributed by atoms with Gasteiger partial charge in [0.15, 0.2) is 0 Å². The molecule has 0 aromatic carbocycles. The average molecular weight is 341 g/mol. The number of nitrogens with zero attached hydrogens (tertiary/aromatic N) is 3. The molecule has 1 amide bonds. The van der Waals surface area contributed by atoms with E-state index >= 15 is 0 Å². The Morgan fingerprint density at radius 1 is 1.44 bits per heavy atom. The molecule has 7 heteroatoms. The van der Waals surface area contributed by atoms with Crippen LogP contribution in [0.3, 0.4) is 0 Å². The molecule has 0 spiro atoms. The highest BCUT2D eigenvalue weighted by atomic mass is 16.5. The maximum atomic E-state index is 13.0. The Morgan fingerprint density at radius 2 is 2.36 bits per heavy atom. The minimum Gasteiger partial charge on any atom is -0.467 e. The van der Waals surface area contributed by atoms with Gasteiger partial charge in [-0.05, 0) is 24.3 Å². The fourth-order valence-corrected chi connectivity index (χ4v) is 3.19. The zero-order valence-electron chi connectivity index (χ0n) is 13.6. The molecule has 4 rings (SSSR count). The lowest BCUT2D eigenvalue weighted by molar-refractivity contribution is -0.0195. The van der Waals surface area contributed by atoms with Crippen LogP contribution >= 0.6 is 0 Å². The van der Waals surface area contributed by atoms with E-state index in [4.69, 9.17) is 9.15 Å². The van der Waals surface area contributed by atoms with Crippen molar-refractivity contribution >= 4 is 11.4 Å². The first kappa shape index (κ1) is 15.9. The number of aliphatic hydroxyl groups excluding tert-OH is 1. The molecule has 1 N–H and O–H groups in total. The third-order valence-electron chi connectivity index (χ3n) is 4.52. The van der Waals surface area contributed by atoms with Crippen LogP contribution in [0.4, 0.5) is 0 Å². The van der Waals surface area contributed by atoms with Crippen LogP contribution in [-0.4, -0.2) is 51.1 Å². The van der Waals surface area contributed by atoms with E-state index in [0.717, 1.165) is 5.52 Å². The van der Waals surface area contributed by atoms with E-state index < -0.39 is 6.10 Å². The Hall–Kier alpha value is -2.64. The molecule has 1 saturated heterocycles. The van der Waals surface area contributed by atoms with E-state index in [1.165, 1.54) is 6.26 Å². The zero-order valence-corrected chi connectivity index (χ0v) is 13.6. The summed E-state index contributed by atoms with van der Waals surface area (Å²) in [6.45, 7) is 1.39. The van der Waals surface area contributed by atoms with Crippen molar-refractivity contribution in [3.05, 3.63) is 60.6 Å². The number of morpholine rings is 1. The van der Waals surface area contributed by atoms with Gasteiger partial charge in [-0.1, -0.05) is 0 Å². The number of aromatic nitrogens is 2. The maximum absolute atomic E-state index is 13.0. The molecule has 3 aromatic rings. The van der Waals surface area contributed by atoms with E-state index in [0.29, 0.717) is 37.5 Å². The molecule has 25 heavy (non-hydrogen) atoms. The van der Waals surface area contributed by atoms with Crippen molar-refractivity contribution in [2.45, 2.75) is 18.6 Å². The third-order valence-corrected chi connectivity index (χ3v) is 4.52. The van der Waals surface area contributed by atoms with Gasteiger partial charge in [0.25, 0.3) is 5.91 Å². The van der Waals surface area contributed by atoms with Gasteiger partial charge in [0.05, 0.1) is 43.6 Å². The highest BCUT2D eigenvalue weighted by Gasteiger charge is 2.31. The van der Waals surface area contributed by atoms with Crippen LogP contribution in [0.15, 0.2) is 53.7 Å². The summed E-state index contributed by atoms with van der Waals surface area (Å²) in [4.78, 5) is 18.8. The fraction of sp³-hybridized carbons (Fsp3) is 0.333. The van der Waals surface area contributed by atoms with E-state index in [2.05, 4.69) is 4.98 Å². The lowest BCUT2D eigenvalue weighted by Gasteiger charge is -2.36. The molecule has 1 aliphatic rings. The van der Waals surface area contributed by atoms with E-state index in [-0.39, 0.29) is 11.9 Å². The topological polar surface area (TPSA) is 80.2 Å². The van der Waals surface area contributed by atoms with Gasteiger partial charge in [0.2, 0.25) is 0 Å². The van der Waals surface area contributed by atoms with Gasteiger partial charge in [0.1, 0.15) is 11.9 Å². The van der Waals surface area contributed by atoms with E-state index in [1.807, 2.05) is 16.7 Å². The number of ether oxygens (including phenoxy) is 1. The van der Waals surface area contributed by atoms with Crippen LogP contribution in [-0.2, 0) is 4.74 Å². The second-order valence-corrected chi connectivity index (χ2v) is 6.14. The second-order valence-electron chi connectivity index (χ2n) is 6.14. The van der Waals surface area contributed by atoms with E-state index in [9.17, 15) is 9.90 Å². The summed E-state index contributed by atoms with van der Waals surface area (Å²) >= 11 is 0. The summed E-state index contributed by atoms with van der Waals surface area (Å²) in [6.07, 6.45) is 6.36. The molecule has 7 nitrogen and oxygen atoms in total. The standard InChI is InChI=1S/C18H19N3O4/c22-16(17-2-1-6-25-17)9-15-11-24-7-5-21(15)18(23)13-3-4-20-12-19-10-14(20)8-13/h1-4,6,8,10,12,15-16,22H,5,7,9,11H2. The van der Waals surface area contributed by atoms with Crippen LogP contribution in [0.1, 0.15) is 28.6 Å². The number of imidazole rings is 1. The molecule has 0 bridgehead atoms. The number of pyridine rings is 1. The zero-order chi connectivity index (χ0) is 17.2. The number of furan rings is 1. The van der Waals surface area contributed by atoms with Crippen molar-refractivity contribution in [1.82, 2.24) is 14.3 Å². The molecule has 2 atom stereocenters. The van der Waals surface area contributed by atoms with Crippen molar-refractivity contribution in [2.24, 2.45) is 0 Å². The van der Waals surface area contributed by atoms with Gasteiger partial charge < -0.3 is 23.6 Å². The molecule has 0 saturated carbocycles. The van der Waals surface area contributed by atoms with Gasteiger partial charge in [-0.25, -0.2) is 4.98 Å². The van der Waals surface area contributed by atoms with Crippen molar-refractivity contribution in [3.63, 3.8) is 0 Å². The number of fused-ring (bicyclic) bond motifs is 1. The lowest BCUT2D eigenvalue weighted by Crippen LogP contribution is -2.49. The number of carbonyl (C=O) groups is 1. The second kappa shape index (κ2) is 6.70. The number of rotatable bonds is 4. The van der Waals surface area contributed by atoms with Crippen LogP contribution in [0, 0.1) is 0 Å². The van der Waals surface area contributed by atoms with Gasteiger partial charge in [-0.3, -0.25) is 4.79 Å². The summed E-state index contributed by atoms with van der Waals surface area (Å²) in [7, 11) is 0. The number of amides is 1. The van der Waals surface area contributed by atoms with Crippen molar-refractivity contribution in [2.75, 3.05) is 19.8 Å². The molecular weight excluding hydrogens is 322 g/mol. The molecule has 1 aliphatic heterocycles. The van der Waals surface area contributed by atoms with Crippen LogP contribution in [0.2, 0.25) is 0 Å². The molecule has 1 fully saturated rings. The lowest BCUT2D eigenvalue weighted by atomic mass is 10.0. The molecule has 3 aromatic heterocycles. The van der Waals surface area contributed by atoms with Gasteiger partial charge in [0, 0.05) is 24.7 Å². The first-order chi connectivity index (χ1) is 12.2. The monoisotopic (exact) mass is 341 g/mol. The molecule has 130 valence electrons. The smallest absolute Gasteiger partial charge is 0.254 e. The molecule has 2 unspecified atom stereocenters. The number of hydrogen-bond acceptors (Lipinski definition) is 5. The number of carbonyl (C=O) groups excluding carboxylic acids is 1. The molecular formula is C18H19N3O4. The van der Waals surface area contributed by atoms with Gasteiger partial charge in [-0.15, -0.1) is 0 Å². The number of aliphatic hydroxyl groups is 1. The predicted octanol–water partition coefficient (Wildman–Crippen LogP) is 1.89. The minimum absolute atomic E-state index is 0.0661. The highest BCUT2D eigenvalue weighted by Crippen LogP contribution is 2.24. The van der Waals surface area contributed by atoms with Crippen molar-refractivity contribution in [1.29, 1.82) is 0 Å². The van der Waals surface area contributed by atoms with E-state index in [1.54, 1.807) is 35.6 Å². The Labute approximate surface area is 144 Å². The quantitative estimate of drug-likeness (QED) is 0.784. The highest BCUT2D eigenvalue weighted by molar-refractivity contribution is 5.95. The van der Waals surface area contributed by atoms with Crippen molar-refractivity contribution in [3.8, 4) is 0 Å². The first-order valence-electron chi connectivity index (χ1n) is 8.24. The van der Waals surface area contributed by atoms with Crippen LogP contribution < -0.4 is 0 Å². The SMILES string of the molecule is O=C(c1ccn2cncc2c1)N1CCOCC1CC(O)c1ccco1. The summed E-state index contributed by atoms with van der Waals surface area (Å²) in [6, 6.07) is 6.87. The predicted molar refractivity (Wildman–Crippen MR) is 89.1 cm³/mol. The minimum atomic E-state index is -0.769. The van der Waals surface area contributed by atoms with Gasteiger partial charge in [-0.2, -0.15) is 0 Å². The largest absolute Gasteiger partial charge is 0.467 e. The molecule has 0 aliphatic carbocycles. The normalized spacial score (nSPS) is 19.2. The van der Waals surface area contributed by atoms with Crippen LogP contribution in [0.5, 0.6) is 0 Å². The third kappa shape index (κ3) is 3.16. The van der Waals surface area contributed by atoms with Crippen LogP contribution in [0.25, 0.3) is 5.52 Å². The van der Waals surface area contributed by atoms with Crippen molar-refractivity contribution < 1.29 is 19.1 Å². The Morgan fingerprint density at radius 3 is 3.20 bits per heavy atom. The fourth-order valence-electron chi connectivity index (χ4n) is 3.19. The first-order valence-corrected chi connectivity index (χ1v) is 8.24. The molecule has 4 heterocycles. The maximum Gasteiger partial charge on any atom is 0.254 e. The summed E-state index contributed by atoms with van der Waals surface area (Å²) in [5.41, 5.74) is 1.47. The Balaban J connectivity index is 1.54. The summed E-state index contributed by atoms with van der Waals surface area (Å²) < 4.78 is 12.6. The Bertz CT molecular complexity index is 858. The average Bonchev–Trinajstić information content (AvgIpc) is 3.32. The molecule has 0 radical (unpaired) electrons. The Kier molecular flexibility index (Phi) is 4.25.